The molecule has 3 N–H and O–H groups in total. The summed E-state index contributed by atoms with van der Waals surface area (Å²) in [6, 6.07) is 5.26. The number of benzene rings is 1. The summed E-state index contributed by atoms with van der Waals surface area (Å²) >= 11 is 0. The Kier molecular flexibility index (Phi) is 13.2. The van der Waals surface area contributed by atoms with Gasteiger partial charge in [0.15, 0.2) is 17.5 Å². The third-order valence-electron chi connectivity index (χ3n) is 4.68. The molecule has 0 aliphatic heterocycles. The van der Waals surface area contributed by atoms with E-state index in [-0.39, 0.29) is 47.9 Å². The molecule has 0 saturated heterocycles. The molecule has 0 radical (unpaired) electrons. The molecule has 0 heterocycles. The van der Waals surface area contributed by atoms with E-state index in [2.05, 4.69) is 25.7 Å². The van der Waals surface area contributed by atoms with Crippen molar-refractivity contribution in [2.24, 2.45) is 4.99 Å². The van der Waals surface area contributed by atoms with Gasteiger partial charge in [-0.2, -0.15) is 8.78 Å². The zero-order valence-corrected chi connectivity index (χ0v) is 20.4. The van der Waals surface area contributed by atoms with E-state index in [1.165, 1.54) is 12.8 Å². The fourth-order valence-electron chi connectivity index (χ4n) is 3.35. The lowest BCUT2D eigenvalue weighted by molar-refractivity contribution is -0.121. The van der Waals surface area contributed by atoms with Crippen molar-refractivity contribution in [1.82, 2.24) is 16.0 Å². The quantitative estimate of drug-likeness (QED) is 0.220. The van der Waals surface area contributed by atoms with Gasteiger partial charge in [-0.15, -0.1) is 24.0 Å². The minimum Gasteiger partial charge on any atom is -0.490 e. The second-order valence-corrected chi connectivity index (χ2v) is 6.98. The van der Waals surface area contributed by atoms with Gasteiger partial charge in [-0.05, 0) is 32.8 Å². The van der Waals surface area contributed by atoms with Crippen LogP contribution in [0.25, 0.3) is 0 Å². The lowest BCUT2D eigenvalue weighted by Gasteiger charge is -2.16. The van der Waals surface area contributed by atoms with E-state index in [1.807, 2.05) is 6.92 Å². The van der Waals surface area contributed by atoms with E-state index in [1.54, 1.807) is 25.1 Å². The van der Waals surface area contributed by atoms with Gasteiger partial charge in [0.25, 0.3) is 0 Å². The topological polar surface area (TPSA) is 84.0 Å². The van der Waals surface area contributed by atoms with Crippen LogP contribution in [0.4, 0.5) is 8.78 Å². The number of rotatable bonds is 11. The molecular formula is C21H33F2IN4O3. The van der Waals surface area contributed by atoms with Gasteiger partial charge in [-0.3, -0.25) is 4.79 Å². The molecule has 2 rings (SSSR count). The Bertz CT molecular complexity index is 701. The number of halogens is 3. The number of carbonyl (C=O) groups excluding carboxylic acids is 1. The average Bonchev–Trinajstić information content (AvgIpc) is 3.20. The lowest BCUT2D eigenvalue weighted by atomic mass is 10.2. The summed E-state index contributed by atoms with van der Waals surface area (Å²) in [6.07, 6.45) is 4.77. The number of amides is 1. The van der Waals surface area contributed by atoms with Gasteiger partial charge in [0.1, 0.15) is 0 Å². The first-order valence-corrected chi connectivity index (χ1v) is 10.5. The van der Waals surface area contributed by atoms with Crippen molar-refractivity contribution in [1.29, 1.82) is 0 Å². The number of ether oxygens (including phenoxy) is 2. The first-order valence-electron chi connectivity index (χ1n) is 10.5. The largest absolute Gasteiger partial charge is 0.490 e. The minimum atomic E-state index is -2.96. The summed E-state index contributed by atoms with van der Waals surface area (Å²) in [6.45, 7) is 2.23. The highest BCUT2D eigenvalue weighted by atomic mass is 127. The molecule has 1 fully saturated rings. The number of hydrogen-bond donors (Lipinski definition) is 3. The zero-order valence-electron chi connectivity index (χ0n) is 18.1. The van der Waals surface area contributed by atoms with Crippen LogP contribution < -0.4 is 25.4 Å². The predicted octanol–water partition coefficient (Wildman–Crippen LogP) is 3.81. The number of carbonyl (C=O) groups is 1. The van der Waals surface area contributed by atoms with E-state index < -0.39 is 6.61 Å². The van der Waals surface area contributed by atoms with Gasteiger partial charge < -0.3 is 25.4 Å². The highest BCUT2D eigenvalue weighted by molar-refractivity contribution is 14.0. The van der Waals surface area contributed by atoms with Gasteiger partial charge in [0, 0.05) is 31.1 Å². The number of aliphatic imine (C=N–C) groups is 1. The number of nitrogens with zero attached hydrogens (tertiary/aromatic N) is 1. The smallest absolute Gasteiger partial charge is 0.387 e. The van der Waals surface area contributed by atoms with Gasteiger partial charge in [-0.1, -0.05) is 25.0 Å². The highest BCUT2D eigenvalue weighted by Crippen LogP contribution is 2.33. The molecule has 0 atom stereocenters. The molecular weight excluding hydrogens is 521 g/mol. The Balaban J connectivity index is 0.00000480. The molecule has 1 aliphatic rings. The van der Waals surface area contributed by atoms with Gasteiger partial charge >= 0.3 is 6.61 Å². The summed E-state index contributed by atoms with van der Waals surface area (Å²) in [5.74, 6) is 0.759. The van der Waals surface area contributed by atoms with Crippen molar-refractivity contribution in [3.05, 3.63) is 23.8 Å². The summed E-state index contributed by atoms with van der Waals surface area (Å²) in [5, 5.41) is 9.24. The van der Waals surface area contributed by atoms with Gasteiger partial charge in [0.2, 0.25) is 5.91 Å². The van der Waals surface area contributed by atoms with Crippen LogP contribution >= 0.6 is 24.0 Å². The second kappa shape index (κ2) is 15.0. The Labute approximate surface area is 199 Å². The van der Waals surface area contributed by atoms with E-state index in [0.717, 1.165) is 12.8 Å². The van der Waals surface area contributed by atoms with Crippen LogP contribution in [0.1, 0.15) is 51.5 Å². The fraction of sp³-hybridized carbons (Fsp3) is 0.619. The standard InChI is InChI=1S/C21H32F2N4O3.HI/c1-3-24-21(25-13-12-18(28)27-16-9-5-6-10-16)26-14-15-8-7-11-17(29-4-2)19(15)30-20(22)23;/h7-8,11,16,20H,3-6,9-10,12-14H2,1-2H3,(H,27,28)(H2,24,25,26);1H. The normalized spacial score (nSPS) is 14.2. The molecule has 1 aromatic carbocycles. The Morgan fingerprint density at radius 3 is 2.61 bits per heavy atom. The van der Waals surface area contributed by atoms with Crippen molar-refractivity contribution >= 4 is 35.8 Å². The maximum Gasteiger partial charge on any atom is 0.387 e. The maximum atomic E-state index is 12.9. The molecule has 7 nitrogen and oxygen atoms in total. The number of hydrogen-bond acceptors (Lipinski definition) is 4. The first kappa shape index (κ1) is 27.2. The molecule has 1 aliphatic carbocycles. The molecule has 10 heteroatoms. The van der Waals surface area contributed by atoms with E-state index in [9.17, 15) is 13.6 Å². The molecule has 1 amide bonds. The number of alkyl halides is 2. The van der Waals surface area contributed by atoms with Crippen LogP contribution in [0.3, 0.4) is 0 Å². The monoisotopic (exact) mass is 554 g/mol. The molecule has 176 valence electrons. The van der Waals surface area contributed by atoms with Gasteiger partial charge in [-0.25, -0.2) is 4.99 Å². The zero-order chi connectivity index (χ0) is 21.8. The Morgan fingerprint density at radius 2 is 1.97 bits per heavy atom. The first-order chi connectivity index (χ1) is 14.5. The Morgan fingerprint density at radius 1 is 1.23 bits per heavy atom. The highest BCUT2D eigenvalue weighted by Gasteiger charge is 2.17. The molecule has 0 bridgehead atoms. The van der Waals surface area contributed by atoms with Crippen LogP contribution in [-0.4, -0.2) is 44.2 Å². The molecule has 0 spiro atoms. The fourth-order valence-corrected chi connectivity index (χ4v) is 3.35. The summed E-state index contributed by atoms with van der Waals surface area (Å²) in [4.78, 5) is 16.5. The average molecular weight is 554 g/mol. The van der Waals surface area contributed by atoms with Crippen molar-refractivity contribution in [2.75, 3.05) is 19.7 Å². The number of nitrogens with one attached hydrogen (secondary N) is 3. The second-order valence-electron chi connectivity index (χ2n) is 6.98. The molecule has 1 aromatic rings. The van der Waals surface area contributed by atoms with Crippen LogP contribution in [0.2, 0.25) is 0 Å². The van der Waals surface area contributed by atoms with Crippen molar-refractivity contribution in [3.63, 3.8) is 0 Å². The van der Waals surface area contributed by atoms with E-state index in [0.29, 0.717) is 43.7 Å². The SMILES string of the molecule is CCNC(=NCc1cccc(OCC)c1OC(F)F)NCCC(=O)NC1CCCC1.I. The Hall–Kier alpha value is -1.85. The molecule has 1 saturated carbocycles. The lowest BCUT2D eigenvalue weighted by Crippen LogP contribution is -2.40. The van der Waals surface area contributed by atoms with Crippen LogP contribution in [0, 0.1) is 0 Å². The summed E-state index contributed by atoms with van der Waals surface area (Å²) in [7, 11) is 0. The van der Waals surface area contributed by atoms with Crippen LogP contribution in [0.5, 0.6) is 11.5 Å². The maximum absolute atomic E-state index is 12.9. The molecule has 0 aromatic heterocycles. The minimum absolute atomic E-state index is 0. The molecule has 0 unspecified atom stereocenters. The van der Waals surface area contributed by atoms with E-state index in [4.69, 9.17) is 4.74 Å². The predicted molar refractivity (Wildman–Crippen MR) is 127 cm³/mol. The van der Waals surface area contributed by atoms with Crippen LogP contribution in [0.15, 0.2) is 23.2 Å². The number of para-hydroxylation sites is 1. The summed E-state index contributed by atoms with van der Waals surface area (Å²) in [5.41, 5.74) is 0.484. The van der Waals surface area contributed by atoms with Crippen molar-refractivity contribution in [3.8, 4) is 11.5 Å². The third kappa shape index (κ3) is 9.88. The summed E-state index contributed by atoms with van der Waals surface area (Å²) < 4.78 is 35.8. The van der Waals surface area contributed by atoms with Crippen LogP contribution in [-0.2, 0) is 11.3 Å². The third-order valence-corrected chi connectivity index (χ3v) is 4.68. The molecule has 31 heavy (non-hydrogen) atoms. The van der Waals surface area contributed by atoms with Gasteiger partial charge in [0.05, 0.1) is 13.2 Å². The number of guanidine groups is 1. The van der Waals surface area contributed by atoms with E-state index >= 15 is 0 Å². The van der Waals surface area contributed by atoms with Crippen molar-refractivity contribution in [2.45, 2.75) is 65.1 Å². The van der Waals surface area contributed by atoms with Crippen molar-refractivity contribution < 1.29 is 23.0 Å².